The molecule has 2 N–H and O–H groups in total. The second-order valence-electron chi connectivity index (χ2n) is 3.74. The Kier molecular flexibility index (Phi) is 3.75. The molecule has 3 aromatic rings. The summed E-state index contributed by atoms with van der Waals surface area (Å²) in [5.41, 5.74) is 2.93. The number of anilines is 1. The number of thiazole rings is 1. The van der Waals surface area contributed by atoms with Crippen LogP contribution in [-0.2, 0) is 6.54 Å². The Morgan fingerprint density at radius 1 is 1.26 bits per heavy atom. The van der Waals surface area contributed by atoms with E-state index in [2.05, 4.69) is 49.7 Å². The average molecular weight is 289 g/mol. The minimum absolute atomic E-state index is 0.797. The van der Waals surface area contributed by atoms with E-state index in [4.69, 9.17) is 0 Å². The zero-order valence-corrected chi connectivity index (χ0v) is 11.5. The summed E-state index contributed by atoms with van der Waals surface area (Å²) in [7, 11) is 0. The van der Waals surface area contributed by atoms with Gasteiger partial charge in [0, 0.05) is 21.7 Å². The highest BCUT2D eigenvalue weighted by molar-refractivity contribution is 7.99. The summed E-state index contributed by atoms with van der Waals surface area (Å²) in [4.78, 5) is 10.5. The summed E-state index contributed by atoms with van der Waals surface area (Å²) in [6.45, 7) is 0.805. The van der Waals surface area contributed by atoms with Crippen LogP contribution in [0.4, 0.5) is 5.69 Å². The lowest BCUT2D eigenvalue weighted by Gasteiger charge is -2.05. The molecule has 0 saturated heterocycles. The van der Waals surface area contributed by atoms with Crippen LogP contribution in [0.15, 0.2) is 52.4 Å². The van der Waals surface area contributed by atoms with Crippen LogP contribution in [0.2, 0.25) is 0 Å². The van der Waals surface area contributed by atoms with Crippen molar-refractivity contribution in [1.29, 1.82) is 0 Å². The van der Waals surface area contributed by atoms with Crippen LogP contribution >= 0.6 is 23.1 Å². The third-order valence-electron chi connectivity index (χ3n) is 2.41. The van der Waals surface area contributed by atoms with Crippen LogP contribution in [-0.4, -0.2) is 20.2 Å². The van der Waals surface area contributed by atoms with E-state index >= 15 is 0 Å². The van der Waals surface area contributed by atoms with E-state index in [0.29, 0.717) is 0 Å². The molecule has 0 radical (unpaired) electrons. The van der Waals surface area contributed by atoms with E-state index in [1.807, 2.05) is 11.7 Å². The lowest BCUT2D eigenvalue weighted by atomic mass is 10.3. The highest BCUT2D eigenvalue weighted by Crippen LogP contribution is 2.25. The summed E-state index contributed by atoms with van der Waals surface area (Å²) in [6, 6.07) is 8.23. The first-order valence-electron chi connectivity index (χ1n) is 5.65. The van der Waals surface area contributed by atoms with Crippen molar-refractivity contribution in [2.24, 2.45) is 0 Å². The molecule has 0 unspecified atom stereocenters. The third kappa shape index (κ3) is 3.33. The molecule has 0 bridgehead atoms. The predicted octanol–water partition coefficient (Wildman–Crippen LogP) is 3.02. The molecule has 0 atom stereocenters. The fraction of sp³-hybridized carbons (Fsp3) is 0.0833. The molecule has 0 spiro atoms. The normalized spacial score (nSPS) is 10.5. The van der Waals surface area contributed by atoms with Crippen molar-refractivity contribution in [3.63, 3.8) is 0 Å². The lowest BCUT2D eigenvalue weighted by molar-refractivity contribution is 0.973. The average Bonchev–Trinajstić information content (AvgIpc) is 3.11. The molecular formula is C12H11N5S2. The minimum Gasteiger partial charge on any atom is -0.380 e. The van der Waals surface area contributed by atoms with Gasteiger partial charge in [0.05, 0.1) is 12.1 Å². The summed E-state index contributed by atoms with van der Waals surface area (Å²) < 4.78 is 0. The molecule has 1 aromatic carbocycles. The Bertz CT molecular complexity index is 604. The molecular weight excluding hydrogens is 278 g/mol. The number of nitrogens with zero attached hydrogens (tertiary/aromatic N) is 3. The number of aromatic amines is 1. The Morgan fingerprint density at radius 3 is 2.84 bits per heavy atom. The number of H-pyrrole nitrogens is 1. The summed E-state index contributed by atoms with van der Waals surface area (Å²) in [5, 5.41) is 10.8. The standard InChI is InChI=1S/C12H11N5S2/c1-3-10(19-12-15-7-16-17-12)4-2-9(1)14-6-11-5-13-8-18-11/h1-5,7-8,14H,6H2,(H,15,16,17). The molecule has 5 nitrogen and oxygen atoms in total. The van der Waals surface area contributed by atoms with E-state index in [1.54, 1.807) is 23.1 Å². The zero-order valence-electron chi connectivity index (χ0n) is 9.91. The van der Waals surface area contributed by atoms with E-state index < -0.39 is 0 Å². The molecule has 0 aliphatic rings. The number of rotatable bonds is 5. The lowest BCUT2D eigenvalue weighted by Crippen LogP contribution is -1.96. The van der Waals surface area contributed by atoms with Crippen LogP contribution in [0.25, 0.3) is 0 Å². The number of nitrogens with one attached hydrogen (secondary N) is 2. The molecule has 2 heterocycles. The monoisotopic (exact) mass is 289 g/mol. The molecule has 3 rings (SSSR count). The van der Waals surface area contributed by atoms with Gasteiger partial charge in [0.15, 0.2) is 5.16 Å². The second-order valence-corrected chi connectivity index (χ2v) is 5.77. The van der Waals surface area contributed by atoms with Crippen molar-refractivity contribution in [2.75, 3.05) is 5.32 Å². The maximum absolute atomic E-state index is 4.08. The quantitative estimate of drug-likeness (QED) is 0.755. The van der Waals surface area contributed by atoms with E-state index in [1.165, 1.54) is 11.2 Å². The van der Waals surface area contributed by atoms with Crippen LogP contribution in [0.1, 0.15) is 4.88 Å². The van der Waals surface area contributed by atoms with Crippen molar-refractivity contribution in [1.82, 2.24) is 20.2 Å². The van der Waals surface area contributed by atoms with Crippen molar-refractivity contribution >= 4 is 28.8 Å². The Hall–Kier alpha value is -1.86. The molecule has 96 valence electrons. The van der Waals surface area contributed by atoms with Gasteiger partial charge in [-0.15, -0.1) is 11.3 Å². The van der Waals surface area contributed by atoms with Gasteiger partial charge in [0.1, 0.15) is 6.33 Å². The van der Waals surface area contributed by atoms with E-state index in [9.17, 15) is 0 Å². The minimum atomic E-state index is 0.797. The van der Waals surface area contributed by atoms with Gasteiger partial charge >= 0.3 is 0 Å². The van der Waals surface area contributed by atoms with Crippen LogP contribution in [0, 0.1) is 0 Å². The first kappa shape index (κ1) is 12.2. The Morgan fingerprint density at radius 2 is 2.16 bits per heavy atom. The summed E-state index contributed by atoms with van der Waals surface area (Å²) in [6.07, 6.45) is 3.39. The number of aromatic nitrogens is 4. The number of hydrogen-bond acceptors (Lipinski definition) is 6. The largest absolute Gasteiger partial charge is 0.380 e. The zero-order chi connectivity index (χ0) is 12.9. The Balaban J connectivity index is 1.59. The third-order valence-corrected chi connectivity index (χ3v) is 4.09. The first-order chi connectivity index (χ1) is 9.40. The van der Waals surface area contributed by atoms with Crippen molar-refractivity contribution < 1.29 is 0 Å². The first-order valence-corrected chi connectivity index (χ1v) is 7.34. The molecule has 7 heteroatoms. The van der Waals surface area contributed by atoms with Gasteiger partial charge in [-0.1, -0.05) is 11.8 Å². The van der Waals surface area contributed by atoms with Crippen molar-refractivity contribution in [2.45, 2.75) is 16.6 Å². The molecule has 0 amide bonds. The molecule has 0 saturated carbocycles. The maximum atomic E-state index is 4.08. The van der Waals surface area contributed by atoms with Gasteiger partial charge in [-0.2, -0.15) is 5.10 Å². The summed E-state index contributed by atoms with van der Waals surface area (Å²) >= 11 is 3.20. The number of benzene rings is 1. The van der Waals surface area contributed by atoms with Gasteiger partial charge in [-0.3, -0.25) is 10.1 Å². The topological polar surface area (TPSA) is 66.5 Å². The van der Waals surface area contributed by atoms with Crippen LogP contribution in [0.3, 0.4) is 0 Å². The highest BCUT2D eigenvalue weighted by atomic mass is 32.2. The molecule has 0 aliphatic heterocycles. The van der Waals surface area contributed by atoms with Crippen LogP contribution in [0.5, 0.6) is 0 Å². The van der Waals surface area contributed by atoms with Gasteiger partial charge in [-0.25, -0.2) is 4.98 Å². The number of hydrogen-bond donors (Lipinski definition) is 2. The van der Waals surface area contributed by atoms with Gasteiger partial charge < -0.3 is 5.32 Å². The smallest absolute Gasteiger partial charge is 0.188 e. The highest BCUT2D eigenvalue weighted by Gasteiger charge is 2.00. The Labute approximate surface area is 118 Å². The predicted molar refractivity (Wildman–Crippen MR) is 76.4 cm³/mol. The van der Waals surface area contributed by atoms with Crippen LogP contribution < -0.4 is 5.32 Å². The molecule has 19 heavy (non-hydrogen) atoms. The van der Waals surface area contributed by atoms with Gasteiger partial charge in [-0.05, 0) is 24.3 Å². The maximum Gasteiger partial charge on any atom is 0.188 e. The molecule has 2 aromatic heterocycles. The van der Waals surface area contributed by atoms with E-state index in [-0.39, 0.29) is 0 Å². The summed E-state index contributed by atoms with van der Waals surface area (Å²) in [5.74, 6) is 0. The van der Waals surface area contributed by atoms with Gasteiger partial charge in [0.2, 0.25) is 0 Å². The van der Waals surface area contributed by atoms with Gasteiger partial charge in [0.25, 0.3) is 0 Å². The SMILES string of the molecule is c1n[nH]c(Sc2ccc(NCc3cncs3)cc2)n1. The van der Waals surface area contributed by atoms with Crippen molar-refractivity contribution in [3.05, 3.63) is 47.2 Å². The second kappa shape index (κ2) is 5.85. The molecule has 0 fully saturated rings. The van der Waals surface area contributed by atoms with Crippen molar-refractivity contribution in [3.8, 4) is 0 Å². The van der Waals surface area contributed by atoms with E-state index in [0.717, 1.165) is 22.3 Å². The fourth-order valence-electron chi connectivity index (χ4n) is 1.51. The molecule has 0 aliphatic carbocycles. The fourth-order valence-corrected chi connectivity index (χ4v) is 2.74.